The summed E-state index contributed by atoms with van der Waals surface area (Å²) in [5, 5.41) is 11.1. The Balaban J connectivity index is 1.60. The summed E-state index contributed by atoms with van der Waals surface area (Å²) in [4.78, 5) is 35.8. The van der Waals surface area contributed by atoms with Gasteiger partial charge in [0.2, 0.25) is 0 Å². The minimum atomic E-state index is -0.653. The average molecular weight is 463 g/mol. The number of fused-ring (bicyclic) bond motifs is 1. The van der Waals surface area contributed by atoms with E-state index in [0.717, 1.165) is 22.4 Å². The molecule has 0 aliphatic carbocycles. The van der Waals surface area contributed by atoms with Gasteiger partial charge in [0.15, 0.2) is 0 Å². The zero-order valence-electron chi connectivity index (χ0n) is 18.8. The number of rotatable bonds is 6. The fraction of sp³-hybridized carbons (Fsp3) is 0.107. The van der Waals surface area contributed by atoms with Gasteiger partial charge in [-0.15, -0.1) is 0 Å². The topological polar surface area (TPSA) is 88.7 Å². The summed E-state index contributed by atoms with van der Waals surface area (Å²) in [5.41, 5.74) is 4.73. The van der Waals surface area contributed by atoms with Crippen molar-refractivity contribution in [3.63, 3.8) is 0 Å². The van der Waals surface area contributed by atoms with Crippen molar-refractivity contribution in [3.8, 4) is 0 Å². The summed E-state index contributed by atoms with van der Waals surface area (Å²) in [6.07, 6.45) is 2.16. The number of aromatic nitrogens is 1. The summed E-state index contributed by atoms with van der Waals surface area (Å²) >= 11 is 0. The van der Waals surface area contributed by atoms with Crippen LogP contribution >= 0.6 is 0 Å². The zero-order valence-corrected chi connectivity index (χ0v) is 18.8. The largest absolute Gasteiger partial charge is 0.305 e. The molecule has 1 atom stereocenters. The van der Waals surface area contributed by atoms with Crippen LogP contribution in [0.25, 0.3) is 0 Å². The van der Waals surface area contributed by atoms with E-state index in [4.69, 9.17) is 4.99 Å². The summed E-state index contributed by atoms with van der Waals surface area (Å²) < 4.78 is 0. The normalized spacial score (nSPS) is 15.2. The van der Waals surface area contributed by atoms with Gasteiger partial charge in [0.05, 0.1) is 28.6 Å². The van der Waals surface area contributed by atoms with E-state index in [1.165, 1.54) is 12.1 Å². The molecule has 0 unspecified atom stereocenters. The number of non-ortho nitro benzene ring substituents is 1. The second-order valence-electron chi connectivity index (χ2n) is 8.26. The lowest BCUT2D eigenvalue weighted by Gasteiger charge is -2.25. The molecule has 7 heteroatoms. The molecule has 0 N–H and O–H groups in total. The molecule has 0 spiro atoms. The Morgan fingerprint density at radius 1 is 0.829 bits per heavy atom. The van der Waals surface area contributed by atoms with Crippen molar-refractivity contribution < 1.29 is 9.72 Å². The highest BCUT2D eigenvalue weighted by atomic mass is 16.6. The lowest BCUT2D eigenvalue weighted by atomic mass is 10.0. The van der Waals surface area contributed by atoms with Gasteiger partial charge in [-0.1, -0.05) is 66.7 Å². The third-order valence-corrected chi connectivity index (χ3v) is 5.95. The number of nitro groups is 1. The molecular weight excluding hydrogens is 440 g/mol. The highest BCUT2D eigenvalue weighted by Crippen LogP contribution is 2.30. The van der Waals surface area contributed by atoms with Crippen LogP contribution in [0, 0.1) is 10.1 Å². The highest BCUT2D eigenvalue weighted by Gasteiger charge is 2.32. The lowest BCUT2D eigenvalue weighted by molar-refractivity contribution is -0.384. The Bertz CT molecular complexity index is 1390. The minimum Gasteiger partial charge on any atom is -0.305 e. The molecule has 7 nitrogen and oxygen atoms in total. The van der Waals surface area contributed by atoms with Crippen LogP contribution in [0.2, 0.25) is 0 Å². The molecule has 1 aromatic heterocycles. The first kappa shape index (κ1) is 22.2. The molecule has 1 aliphatic rings. The van der Waals surface area contributed by atoms with E-state index in [1.54, 1.807) is 23.2 Å². The predicted molar refractivity (Wildman–Crippen MR) is 135 cm³/mol. The van der Waals surface area contributed by atoms with Crippen LogP contribution in [0.15, 0.2) is 108 Å². The van der Waals surface area contributed by atoms with Gasteiger partial charge in [-0.3, -0.25) is 24.9 Å². The molecule has 1 aliphatic heterocycles. The molecule has 0 saturated carbocycles. The zero-order chi connectivity index (χ0) is 24.2. The number of benzene rings is 3. The Hall–Kier alpha value is -4.65. The maximum Gasteiger partial charge on any atom is 0.269 e. The summed E-state index contributed by atoms with van der Waals surface area (Å²) in [6.45, 7) is 0.268. The fourth-order valence-electron chi connectivity index (χ4n) is 4.23. The van der Waals surface area contributed by atoms with Crippen molar-refractivity contribution in [1.82, 2.24) is 4.98 Å². The van der Waals surface area contributed by atoms with Crippen molar-refractivity contribution >= 4 is 23.0 Å². The van der Waals surface area contributed by atoms with E-state index in [0.29, 0.717) is 17.8 Å². The van der Waals surface area contributed by atoms with Crippen LogP contribution in [0.4, 0.5) is 11.4 Å². The van der Waals surface area contributed by atoms with Crippen molar-refractivity contribution in [2.24, 2.45) is 4.99 Å². The van der Waals surface area contributed by atoms with Crippen LogP contribution in [-0.2, 0) is 17.8 Å². The molecule has 1 amide bonds. The standard InChI is InChI=1S/C28H22N4O3/c33-28-25(18-20-8-2-1-3-9-20)30-27(24-11-6-7-17-29-24)23-10-4-5-12-26(23)31(28)19-21-13-15-22(16-14-21)32(34)35/h1-17,25H,18-19H2/t25-/m0/s1. The lowest BCUT2D eigenvalue weighted by Crippen LogP contribution is -2.38. The van der Waals surface area contributed by atoms with Crippen molar-refractivity contribution in [2.45, 2.75) is 19.0 Å². The summed E-state index contributed by atoms with van der Waals surface area (Å²) in [6, 6.07) is 28.8. The van der Waals surface area contributed by atoms with Crippen LogP contribution in [0.3, 0.4) is 0 Å². The van der Waals surface area contributed by atoms with Gasteiger partial charge in [0.25, 0.3) is 11.6 Å². The number of carbonyl (C=O) groups excluding carboxylic acids is 1. The number of amides is 1. The first-order valence-electron chi connectivity index (χ1n) is 11.3. The van der Waals surface area contributed by atoms with Gasteiger partial charge < -0.3 is 4.90 Å². The highest BCUT2D eigenvalue weighted by molar-refractivity contribution is 6.19. The summed E-state index contributed by atoms with van der Waals surface area (Å²) in [7, 11) is 0. The third-order valence-electron chi connectivity index (χ3n) is 5.95. The molecule has 0 saturated heterocycles. The summed E-state index contributed by atoms with van der Waals surface area (Å²) in [5.74, 6) is -0.134. The quantitative estimate of drug-likeness (QED) is 0.298. The van der Waals surface area contributed by atoms with Gasteiger partial charge >= 0.3 is 0 Å². The minimum absolute atomic E-state index is 0.0130. The second kappa shape index (κ2) is 9.69. The monoisotopic (exact) mass is 462 g/mol. The van der Waals surface area contributed by atoms with Gasteiger partial charge in [-0.25, -0.2) is 0 Å². The Kier molecular flexibility index (Phi) is 6.13. The number of hydrogen-bond acceptors (Lipinski definition) is 5. The molecule has 5 rings (SSSR count). The molecule has 3 aromatic carbocycles. The Morgan fingerprint density at radius 3 is 2.26 bits per heavy atom. The number of para-hydroxylation sites is 1. The fourth-order valence-corrected chi connectivity index (χ4v) is 4.23. The molecule has 35 heavy (non-hydrogen) atoms. The van der Waals surface area contributed by atoms with Gasteiger partial charge in [-0.2, -0.15) is 0 Å². The molecule has 0 bridgehead atoms. The molecule has 4 aromatic rings. The number of benzodiazepines with no additional fused rings is 1. The molecule has 2 heterocycles. The molecule has 0 fully saturated rings. The van der Waals surface area contributed by atoms with Crippen molar-refractivity contribution in [2.75, 3.05) is 4.90 Å². The molecule has 0 radical (unpaired) electrons. The van der Waals surface area contributed by atoms with Crippen LogP contribution in [-0.4, -0.2) is 27.6 Å². The van der Waals surface area contributed by atoms with E-state index in [9.17, 15) is 14.9 Å². The van der Waals surface area contributed by atoms with E-state index in [-0.39, 0.29) is 18.1 Å². The van der Waals surface area contributed by atoms with E-state index >= 15 is 0 Å². The SMILES string of the molecule is O=C1[C@H](Cc2ccccc2)N=C(c2ccccn2)c2ccccc2N1Cc1ccc([N+](=O)[O-])cc1. The van der Waals surface area contributed by atoms with Gasteiger partial charge in [0.1, 0.15) is 6.04 Å². The first-order valence-corrected chi connectivity index (χ1v) is 11.3. The molecule has 172 valence electrons. The second-order valence-corrected chi connectivity index (χ2v) is 8.26. The van der Waals surface area contributed by atoms with E-state index in [1.807, 2.05) is 72.8 Å². The average Bonchev–Trinajstić information content (AvgIpc) is 3.01. The molecular formula is C28H22N4O3. The smallest absolute Gasteiger partial charge is 0.269 e. The van der Waals surface area contributed by atoms with Crippen LogP contribution in [0.5, 0.6) is 0 Å². The number of anilines is 1. The Labute approximate surface area is 202 Å². The third kappa shape index (κ3) is 4.70. The number of hydrogen-bond donors (Lipinski definition) is 0. The number of nitro benzene ring substituents is 1. The number of aliphatic imine (C=N–C) groups is 1. The van der Waals surface area contributed by atoms with E-state index < -0.39 is 11.0 Å². The van der Waals surface area contributed by atoms with Crippen molar-refractivity contribution in [1.29, 1.82) is 0 Å². The predicted octanol–water partition coefficient (Wildman–Crippen LogP) is 4.99. The van der Waals surface area contributed by atoms with Crippen LogP contribution in [0.1, 0.15) is 22.4 Å². The van der Waals surface area contributed by atoms with Gasteiger partial charge in [0, 0.05) is 30.3 Å². The number of pyridine rings is 1. The Morgan fingerprint density at radius 2 is 1.54 bits per heavy atom. The first-order chi connectivity index (χ1) is 17.1. The van der Waals surface area contributed by atoms with E-state index in [2.05, 4.69) is 4.98 Å². The number of carbonyl (C=O) groups is 1. The number of nitrogens with zero attached hydrogens (tertiary/aromatic N) is 4. The maximum absolute atomic E-state index is 14.0. The van der Waals surface area contributed by atoms with Gasteiger partial charge in [-0.05, 0) is 29.3 Å². The van der Waals surface area contributed by atoms with Crippen LogP contribution < -0.4 is 4.90 Å². The maximum atomic E-state index is 14.0. The van der Waals surface area contributed by atoms with Crippen molar-refractivity contribution in [3.05, 3.63) is 136 Å².